The predicted octanol–water partition coefficient (Wildman–Crippen LogP) is 13.0. The van der Waals surface area contributed by atoms with Gasteiger partial charge in [-0.15, -0.1) is 0 Å². The molecule has 0 aliphatic heterocycles. The number of carbonyl (C=O) groups is 2. The Morgan fingerprint density at radius 2 is 0.862 bits per heavy atom. The van der Waals surface area contributed by atoms with Crippen molar-refractivity contribution in [2.45, 2.75) is 226 Å². The summed E-state index contributed by atoms with van der Waals surface area (Å²) in [6.45, 7) is 11.4. The van der Waals surface area contributed by atoms with Crippen LogP contribution >= 0.6 is 0 Å². The molecule has 58 heavy (non-hydrogen) atoms. The molecule has 9 heteroatoms. The summed E-state index contributed by atoms with van der Waals surface area (Å²) < 4.78 is 24.5. The van der Waals surface area contributed by atoms with Gasteiger partial charge in [0.15, 0.2) is 0 Å². The van der Waals surface area contributed by atoms with Crippen LogP contribution in [-0.2, 0) is 28.5 Å². The first kappa shape index (κ1) is 54.0. The fraction of sp³-hybridized carbons (Fsp3) is 0.898. The Kier molecular flexibility index (Phi) is 40.2. The highest BCUT2D eigenvalue weighted by Crippen LogP contribution is 2.15. The van der Waals surface area contributed by atoms with Crippen LogP contribution < -0.4 is 0 Å². The summed E-state index contributed by atoms with van der Waals surface area (Å²) in [5.41, 5.74) is 0. The first-order chi connectivity index (χ1) is 28.6. The Hall–Kier alpha value is -1.97. The predicted molar refractivity (Wildman–Crippen MR) is 241 cm³/mol. The lowest BCUT2D eigenvalue weighted by Gasteiger charge is -2.24. The zero-order chi connectivity index (χ0) is 41.8. The smallest absolute Gasteiger partial charge is 0.307 e. The summed E-state index contributed by atoms with van der Waals surface area (Å²) in [5.74, 6) is -0.461. The third-order valence-electron chi connectivity index (χ3n) is 11.4. The van der Waals surface area contributed by atoms with Crippen LogP contribution in [0.1, 0.15) is 226 Å². The van der Waals surface area contributed by atoms with Gasteiger partial charge in [0.05, 0.1) is 32.4 Å². The molecule has 0 bridgehead atoms. The van der Waals surface area contributed by atoms with E-state index in [1.807, 2.05) is 12.5 Å². The number of esters is 2. The number of aromatic nitrogens is 2. The largest absolute Gasteiger partial charge is 0.463 e. The van der Waals surface area contributed by atoms with Crippen LogP contribution in [-0.4, -0.2) is 85.7 Å². The van der Waals surface area contributed by atoms with E-state index in [4.69, 9.17) is 18.9 Å². The molecular formula is C49H93N3O6. The Bertz CT molecular complexity index is 937. The number of hydrogen-bond acceptors (Lipinski definition) is 8. The molecule has 1 aromatic rings. The van der Waals surface area contributed by atoms with Crippen molar-refractivity contribution < 1.29 is 28.5 Å². The van der Waals surface area contributed by atoms with Crippen molar-refractivity contribution in [2.24, 2.45) is 0 Å². The van der Waals surface area contributed by atoms with Gasteiger partial charge in [-0.25, -0.2) is 4.98 Å². The average molecular weight is 820 g/mol. The highest BCUT2D eigenvalue weighted by molar-refractivity contribution is 5.70. The van der Waals surface area contributed by atoms with E-state index >= 15 is 0 Å². The van der Waals surface area contributed by atoms with E-state index in [-0.39, 0.29) is 44.0 Å². The fourth-order valence-corrected chi connectivity index (χ4v) is 7.46. The number of imidazole rings is 1. The van der Waals surface area contributed by atoms with E-state index < -0.39 is 0 Å². The minimum Gasteiger partial charge on any atom is -0.463 e. The summed E-state index contributed by atoms with van der Waals surface area (Å²) in [4.78, 5) is 31.4. The fourth-order valence-electron chi connectivity index (χ4n) is 7.46. The summed E-state index contributed by atoms with van der Waals surface area (Å²) in [6, 6.07) is 0.262. The van der Waals surface area contributed by atoms with E-state index in [0.717, 1.165) is 39.0 Å². The molecule has 1 unspecified atom stereocenters. The average Bonchev–Trinajstić information content (AvgIpc) is 3.78. The van der Waals surface area contributed by atoms with Crippen molar-refractivity contribution >= 4 is 11.9 Å². The van der Waals surface area contributed by atoms with Crippen LogP contribution in [0.4, 0.5) is 0 Å². The Labute approximate surface area is 357 Å². The highest BCUT2D eigenvalue weighted by Gasteiger charge is 2.14. The van der Waals surface area contributed by atoms with Crippen molar-refractivity contribution in [3.8, 4) is 0 Å². The SMILES string of the molecule is CCCCCCCCCCCCCCCCOCCOC(=O)CCN(CCC(=O)OCCOCCCCCCCCCCCCCCCC)CCC(C)n1ccnc1. The second-order valence-electron chi connectivity index (χ2n) is 16.8. The molecule has 0 N–H and O–H groups in total. The standard InChI is InChI=1S/C49H93N3O6/c1-4-6-8-10-12-14-16-18-20-22-24-26-28-30-40-55-42-44-57-48(53)33-37-51(36-32-47(3)52-39-35-50-46-52)38-34-49(54)58-45-43-56-41-31-29-27-25-23-21-19-17-15-13-11-9-7-5-2/h35,39,46-47H,4-34,36-38,40-45H2,1-3H3. The van der Waals surface area contributed by atoms with Crippen LogP contribution in [0.5, 0.6) is 0 Å². The molecule has 1 aromatic heterocycles. The summed E-state index contributed by atoms with van der Waals surface area (Å²) >= 11 is 0. The minimum absolute atomic E-state index is 0.230. The highest BCUT2D eigenvalue weighted by atomic mass is 16.6. The van der Waals surface area contributed by atoms with Gasteiger partial charge in [0.1, 0.15) is 13.2 Å². The van der Waals surface area contributed by atoms with Crippen LogP contribution in [0.25, 0.3) is 0 Å². The summed E-state index contributed by atoms with van der Waals surface area (Å²) in [6.07, 6.45) is 44.6. The molecule has 0 amide bonds. The maximum Gasteiger partial charge on any atom is 0.307 e. The summed E-state index contributed by atoms with van der Waals surface area (Å²) in [5, 5.41) is 0. The minimum atomic E-state index is -0.230. The van der Waals surface area contributed by atoms with Gasteiger partial charge in [0.2, 0.25) is 0 Å². The van der Waals surface area contributed by atoms with E-state index in [0.29, 0.717) is 26.3 Å². The van der Waals surface area contributed by atoms with Gasteiger partial charge < -0.3 is 28.4 Å². The number of hydrogen-bond donors (Lipinski definition) is 0. The Balaban J connectivity index is 2.08. The first-order valence-corrected chi connectivity index (χ1v) is 24.7. The molecule has 0 aliphatic carbocycles. The molecule has 0 fully saturated rings. The number of nitrogens with zero attached hydrogens (tertiary/aromatic N) is 3. The van der Waals surface area contributed by atoms with Crippen molar-refractivity contribution in [2.75, 3.05) is 59.3 Å². The van der Waals surface area contributed by atoms with Gasteiger partial charge in [-0.3, -0.25) is 9.59 Å². The number of ether oxygens (including phenoxy) is 4. The second kappa shape index (κ2) is 43.1. The molecule has 0 spiro atoms. The molecule has 1 heterocycles. The van der Waals surface area contributed by atoms with E-state index in [2.05, 4.69) is 35.2 Å². The van der Waals surface area contributed by atoms with Gasteiger partial charge in [-0.1, -0.05) is 181 Å². The number of unbranched alkanes of at least 4 members (excludes halogenated alkanes) is 26. The van der Waals surface area contributed by atoms with Gasteiger partial charge in [-0.05, 0) is 26.2 Å². The third kappa shape index (κ3) is 37.1. The van der Waals surface area contributed by atoms with Crippen LogP contribution in [0.3, 0.4) is 0 Å². The molecule has 0 aliphatic rings. The van der Waals surface area contributed by atoms with E-state index in [9.17, 15) is 9.59 Å². The second-order valence-corrected chi connectivity index (χ2v) is 16.8. The number of carbonyl (C=O) groups excluding carboxylic acids is 2. The monoisotopic (exact) mass is 820 g/mol. The zero-order valence-corrected chi connectivity index (χ0v) is 38.4. The maximum atomic E-state index is 12.6. The lowest BCUT2D eigenvalue weighted by molar-refractivity contribution is -0.145. The third-order valence-corrected chi connectivity index (χ3v) is 11.4. The van der Waals surface area contributed by atoms with Crippen molar-refractivity contribution in [1.29, 1.82) is 0 Å². The van der Waals surface area contributed by atoms with Crippen LogP contribution in [0.2, 0.25) is 0 Å². The molecule has 1 atom stereocenters. The lowest BCUT2D eigenvalue weighted by Crippen LogP contribution is -2.32. The Morgan fingerprint density at radius 3 is 1.21 bits per heavy atom. The lowest BCUT2D eigenvalue weighted by atomic mass is 10.0. The molecule has 0 radical (unpaired) electrons. The molecule has 0 saturated carbocycles. The molecule has 0 aromatic carbocycles. The maximum absolute atomic E-state index is 12.6. The van der Waals surface area contributed by atoms with E-state index in [1.54, 1.807) is 6.20 Å². The van der Waals surface area contributed by atoms with E-state index in [1.165, 1.54) is 167 Å². The van der Waals surface area contributed by atoms with Gasteiger partial charge in [-0.2, -0.15) is 0 Å². The summed E-state index contributed by atoms with van der Waals surface area (Å²) in [7, 11) is 0. The van der Waals surface area contributed by atoms with Gasteiger partial charge in [0.25, 0.3) is 0 Å². The van der Waals surface area contributed by atoms with Gasteiger partial charge in [0, 0.05) is 51.3 Å². The molecule has 1 rings (SSSR count). The van der Waals surface area contributed by atoms with Gasteiger partial charge >= 0.3 is 11.9 Å². The molecular weight excluding hydrogens is 727 g/mol. The van der Waals surface area contributed by atoms with Crippen molar-refractivity contribution in [3.05, 3.63) is 18.7 Å². The molecule has 9 nitrogen and oxygen atoms in total. The first-order valence-electron chi connectivity index (χ1n) is 24.7. The number of rotatable bonds is 46. The molecule has 0 saturated heterocycles. The molecule has 340 valence electrons. The Morgan fingerprint density at radius 1 is 0.500 bits per heavy atom. The topological polar surface area (TPSA) is 92.1 Å². The van der Waals surface area contributed by atoms with Crippen molar-refractivity contribution in [1.82, 2.24) is 14.5 Å². The zero-order valence-electron chi connectivity index (χ0n) is 38.4. The normalized spacial score (nSPS) is 12.1. The van der Waals surface area contributed by atoms with Crippen LogP contribution in [0, 0.1) is 0 Å². The quantitative estimate of drug-likeness (QED) is 0.0474. The van der Waals surface area contributed by atoms with Crippen molar-refractivity contribution in [3.63, 3.8) is 0 Å². The van der Waals surface area contributed by atoms with Crippen LogP contribution in [0.15, 0.2) is 18.7 Å².